The number of aliphatic hydroxyl groups is 2. The first kappa shape index (κ1) is 15.4. The van der Waals surface area contributed by atoms with Crippen LogP contribution in [0, 0.1) is 0 Å². The lowest BCUT2D eigenvalue weighted by molar-refractivity contribution is -0.160. The van der Waals surface area contributed by atoms with Gasteiger partial charge in [0.25, 0.3) is 0 Å². The fraction of sp³-hybridized carbons (Fsp3) is 1.00. The van der Waals surface area contributed by atoms with E-state index in [1.165, 1.54) is 0 Å². The van der Waals surface area contributed by atoms with Gasteiger partial charge in [0.1, 0.15) is 5.60 Å². The Morgan fingerprint density at radius 2 is 1.54 bits per heavy atom. The smallest absolute Gasteiger partial charge is 0.113 e. The standard InChI is InChI=1S/C9H20O3.B/c1-7(2)12-6-9(5,11)8(3,4)10;/h7,10-11H,6H2,1-5H3;. The van der Waals surface area contributed by atoms with Gasteiger partial charge in [0, 0.05) is 8.41 Å². The summed E-state index contributed by atoms with van der Waals surface area (Å²) in [7, 11) is 0. The quantitative estimate of drug-likeness (QED) is 0.632. The summed E-state index contributed by atoms with van der Waals surface area (Å²) in [6.45, 7) is 8.62. The van der Waals surface area contributed by atoms with E-state index in [-0.39, 0.29) is 21.1 Å². The molecule has 1 unspecified atom stereocenters. The lowest BCUT2D eigenvalue weighted by atomic mass is 9.89. The van der Waals surface area contributed by atoms with E-state index in [0.29, 0.717) is 0 Å². The minimum atomic E-state index is -1.20. The van der Waals surface area contributed by atoms with Crippen molar-refractivity contribution >= 4 is 8.41 Å². The van der Waals surface area contributed by atoms with Crippen molar-refractivity contribution in [1.29, 1.82) is 0 Å². The van der Waals surface area contributed by atoms with E-state index < -0.39 is 11.2 Å². The monoisotopic (exact) mass is 187 g/mol. The van der Waals surface area contributed by atoms with Crippen LogP contribution < -0.4 is 0 Å². The summed E-state index contributed by atoms with van der Waals surface area (Å²) in [5.41, 5.74) is -2.33. The van der Waals surface area contributed by atoms with Crippen molar-refractivity contribution in [2.45, 2.75) is 51.9 Å². The highest BCUT2D eigenvalue weighted by Crippen LogP contribution is 2.21. The Kier molecular flexibility index (Phi) is 5.91. The predicted molar refractivity (Wildman–Crippen MR) is 53.8 cm³/mol. The van der Waals surface area contributed by atoms with E-state index >= 15 is 0 Å². The minimum absolute atomic E-state index is 0. The van der Waals surface area contributed by atoms with E-state index in [9.17, 15) is 10.2 Å². The Morgan fingerprint density at radius 1 is 1.15 bits per heavy atom. The first-order chi connectivity index (χ1) is 5.17. The molecule has 0 spiro atoms. The first-order valence-electron chi connectivity index (χ1n) is 4.23. The molecule has 0 saturated heterocycles. The summed E-state index contributed by atoms with van der Waals surface area (Å²) in [6.07, 6.45) is 0.0684. The molecule has 3 radical (unpaired) electrons. The highest BCUT2D eigenvalue weighted by atomic mass is 16.5. The second kappa shape index (κ2) is 4.98. The second-order valence-electron chi connectivity index (χ2n) is 4.19. The van der Waals surface area contributed by atoms with E-state index in [0.717, 1.165) is 0 Å². The molecule has 0 fully saturated rings. The lowest BCUT2D eigenvalue weighted by Gasteiger charge is -2.35. The van der Waals surface area contributed by atoms with Gasteiger partial charge in [-0.2, -0.15) is 0 Å². The van der Waals surface area contributed by atoms with Gasteiger partial charge in [-0.1, -0.05) is 0 Å². The highest BCUT2D eigenvalue weighted by molar-refractivity contribution is 5.75. The Bertz CT molecular complexity index is 138. The third-order valence-electron chi connectivity index (χ3n) is 2.02. The van der Waals surface area contributed by atoms with Gasteiger partial charge < -0.3 is 14.9 Å². The average molecular weight is 187 g/mol. The normalized spacial score (nSPS) is 16.6. The number of hydrogen-bond donors (Lipinski definition) is 2. The molecular formula is C9H20BO3. The molecule has 0 aromatic rings. The van der Waals surface area contributed by atoms with Crippen molar-refractivity contribution in [2.24, 2.45) is 0 Å². The summed E-state index contributed by atoms with van der Waals surface area (Å²) >= 11 is 0. The van der Waals surface area contributed by atoms with Gasteiger partial charge in [0.05, 0.1) is 18.3 Å². The molecule has 0 amide bonds. The van der Waals surface area contributed by atoms with Gasteiger partial charge in [-0.25, -0.2) is 0 Å². The van der Waals surface area contributed by atoms with Crippen molar-refractivity contribution in [3.8, 4) is 0 Å². The summed E-state index contributed by atoms with van der Waals surface area (Å²) in [6, 6.07) is 0. The van der Waals surface area contributed by atoms with Gasteiger partial charge in [0.2, 0.25) is 0 Å². The van der Waals surface area contributed by atoms with Crippen LogP contribution in [0.2, 0.25) is 0 Å². The van der Waals surface area contributed by atoms with E-state index in [2.05, 4.69) is 0 Å². The molecule has 0 bridgehead atoms. The molecule has 1 atom stereocenters. The maximum atomic E-state index is 9.72. The van der Waals surface area contributed by atoms with Gasteiger partial charge in [-0.3, -0.25) is 0 Å². The van der Waals surface area contributed by atoms with Crippen LogP contribution in [0.3, 0.4) is 0 Å². The molecule has 0 aromatic carbocycles. The van der Waals surface area contributed by atoms with Gasteiger partial charge >= 0.3 is 0 Å². The van der Waals surface area contributed by atoms with Crippen LogP contribution in [-0.4, -0.2) is 42.5 Å². The minimum Gasteiger partial charge on any atom is -0.387 e. The summed E-state index contributed by atoms with van der Waals surface area (Å²) in [5.74, 6) is 0. The maximum absolute atomic E-state index is 9.72. The number of ether oxygens (including phenoxy) is 1. The highest BCUT2D eigenvalue weighted by Gasteiger charge is 2.37. The summed E-state index contributed by atoms with van der Waals surface area (Å²) < 4.78 is 5.22. The van der Waals surface area contributed by atoms with Crippen LogP contribution >= 0.6 is 0 Å². The van der Waals surface area contributed by atoms with Crippen molar-refractivity contribution in [2.75, 3.05) is 6.61 Å². The summed E-state index contributed by atoms with van der Waals surface area (Å²) in [5, 5.41) is 19.3. The van der Waals surface area contributed by atoms with Crippen LogP contribution in [0.25, 0.3) is 0 Å². The molecule has 0 rings (SSSR count). The van der Waals surface area contributed by atoms with Gasteiger partial charge in [0.15, 0.2) is 0 Å². The SMILES string of the molecule is CC(C)OCC(C)(O)C(C)(C)O.[B]. The predicted octanol–water partition coefficient (Wildman–Crippen LogP) is 0.552. The molecule has 2 N–H and O–H groups in total. The van der Waals surface area contributed by atoms with Crippen LogP contribution in [0.15, 0.2) is 0 Å². The molecule has 4 heteroatoms. The number of hydrogen-bond acceptors (Lipinski definition) is 3. The second-order valence-corrected chi connectivity index (χ2v) is 4.19. The molecular weight excluding hydrogens is 167 g/mol. The van der Waals surface area contributed by atoms with Crippen LogP contribution in [0.4, 0.5) is 0 Å². The topological polar surface area (TPSA) is 49.7 Å². The Labute approximate surface area is 82.7 Å². The average Bonchev–Trinajstić information content (AvgIpc) is 1.81. The maximum Gasteiger partial charge on any atom is 0.113 e. The van der Waals surface area contributed by atoms with Crippen LogP contribution in [0.5, 0.6) is 0 Å². The largest absolute Gasteiger partial charge is 0.387 e. The molecule has 0 heterocycles. The van der Waals surface area contributed by atoms with Crippen molar-refractivity contribution in [3.63, 3.8) is 0 Å². The Balaban J connectivity index is 0. The summed E-state index contributed by atoms with van der Waals surface area (Å²) in [4.78, 5) is 0. The van der Waals surface area contributed by atoms with Gasteiger partial charge in [-0.05, 0) is 34.6 Å². The zero-order chi connectivity index (χ0) is 9.99. The van der Waals surface area contributed by atoms with E-state index in [1.54, 1.807) is 20.8 Å². The third kappa shape index (κ3) is 5.29. The fourth-order valence-electron chi connectivity index (χ4n) is 0.506. The molecule has 13 heavy (non-hydrogen) atoms. The molecule has 0 aliphatic rings. The molecule has 3 nitrogen and oxygen atoms in total. The third-order valence-corrected chi connectivity index (χ3v) is 2.02. The van der Waals surface area contributed by atoms with Gasteiger partial charge in [-0.15, -0.1) is 0 Å². The van der Waals surface area contributed by atoms with Crippen molar-refractivity contribution < 1.29 is 14.9 Å². The van der Waals surface area contributed by atoms with Crippen LogP contribution in [0.1, 0.15) is 34.6 Å². The van der Waals surface area contributed by atoms with Crippen molar-refractivity contribution in [1.82, 2.24) is 0 Å². The fourth-order valence-corrected chi connectivity index (χ4v) is 0.506. The lowest BCUT2D eigenvalue weighted by Crippen LogP contribution is -2.51. The Hall–Kier alpha value is -0.0551. The molecule has 0 aliphatic carbocycles. The van der Waals surface area contributed by atoms with E-state index in [4.69, 9.17) is 4.74 Å². The molecule has 0 aliphatic heterocycles. The molecule has 0 aromatic heterocycles. The van der Waals surface area contributed by atoms with Crippen molar-refractivity contribution in [3.05, 3.63) is 0 Å². The molecule has 77 valence electrons. The number of rotatable bonds is 4. The van der Waals surface area contributed by atoms with E-state index in [1.807, 2.05) is 13.8 Å². The Morgan fingerprint density at radius 3 is 1.77 bits per heavy atom. The first-order valence-corrected chi connectivity index (χ1v) is 4.23. The van der Waals surface area contributed by atoms with Crippen LogP contribution in [-0.2, 0) is 4.74 Å². The zero-order valence-electron chi connectivity index (χ0n) is 9.16. The zero-order valence-corrected chi connectivity index (χ0v) is 9.16. The molecule has 0 saturated carbocycles.